The number of fused-ring (bicyclic) bond motifs is 1. The van der Waals surface area contributed by atoms with E-state index in [4.69, 9.17) is 9.47 Å². The second-order valence-electron chi connectivity index (χ2n) is 7.39. The lowest BCUT2D eigenvalue weighted by Gasteiger charge is -2.19. The molecule has 1 aliphatic rings. The van der Waals surface area contributed by atoms with E-state index in [2.05, 4.69) is 26.1 Å². The molecule has 0 saturated carbocycles. The molecule has 1 N–H and O–H groups in total. The van der Waals surface area contributed by atoms with Crippen molar-refractivity contribution in [1.82, 2.24) is 0 Å². The molecule has 0 aromatic heterocycles. The summed E-state index contributed by atoms with van der Waals surface area (Å²) in [6.45, 7) is 7.28. The molecule has 5 nitrogen and oxygen atoms in total. The molecule has 0 radical (unpaired) electrons. The third-order valence-corrected chi connectivity index (χ3v) is 4.30. The largest absolute Gasteiger partial charge is 0.486 e. The Hall–Kier alpha value is -3.08. The van der Waals surface area contributed by atoms with E-state index >= 15 is 0 Å². The Morgan fingerprint density at radius 2 is 1.74 bits per heavy atom. The monoisotopic (exact) mass is 365 g/mol. The van der Waals surface area contributed by atoms with Gasteiger partial charge in [-0.05, 0) is 40.8 Å². The Bertz CT molecular complexity index is 894. The predicted molar refractivity (Wildman–Crippen MR) is 106 cm³/mol. The molecule has 2 aromatic carbocycles. The summed E-state index contributed by atoms with van der Waals surface area (Å²) in [7, 11) is 0. The van der Waals surface area contributed by atoms with Crippen molar-refractivity contribution in [3.8, 4) is 11.5 Å². The standard InChI is InChI=1S/C22H23NO4/c1-22(2,3)17-6-4-15(16(12-17)14-24)5-9-21(25)23-18-7-8-19-20(13-18)27-11-10-26-19/h4-9,12-14H,10-11H2,1-3H3,(H,23,25)/b9-5+. The van der Waals surface area contributed by atoms with Crippen LogP contribution in [0.5, 0.6) is 11.5 Å². The molecule has 0 bridgehead atoms. The molecule has 0 saturated heterocycles. The Morgan fingerprint density at radius 3 is 2.44 bits per heavy atom. The molecule has 1 heterocycles. The summed E-state index contributed by atoms with van der Waals surface area (Å²) in [5.74, 6) is 0.997. The van der Waals surface area contributed by atoms with Crippen molar-refractivity contribution in [2.45, 2.75) is 26.2 Å². The van der Waals surface area contributed by atoms with Crippen molar-refractivity contribution in [3.05, 3.63) is 59.2 Å². The van der Waals surface area contributed by atoms with Crippen molar-refractivity contribution < 1.29 is 19.1 Å². The number of rotatable bonds is 4. The molecule has 140 valence electrons. The fraction of sp³-hybridized carbons (Fsp3) is 0.273. The van der Waals surface area contributed by atoms with E-state index in [0.29, 0.717) is 41.5 Å². The van der Waals surface area contributed by atoms with Crippen LogP contribution in [0.4, 0.5) is 5.69 Å². The molecule has 5 heteroatoms. The van der Waals surface area contributed by atoms with Gasteiger partial charge in [-0.25, -0.2) is 0 Å². The number of hydrogen-bond acceptors (Lipinski definition) is 4. The van der Waals surface area contributed by atoms with Crippen LogP contribution in [0.2, 0.25) is 0 Å². The smallest absolute Gasteiger partial charge is 0.248 e. The number of aldehydes is 1. The first kappa shape index (κ1) is 18.7. The van der Waals surface area contributed by atoms with Gasteiger partial charge in [0, 0.05) is 23.4 Å². The maximum atomic E-state index is 12.2. The van der Waals surface area contributed by atoms with E-state index in [1.165, 1.54) is 6.08 Å². The molecule has 2 aromatic rings. The normalized spacial score (nSPS) is 13.4. The van der Waals surface area contributed by atoms with Crippen LogP contribution in [0.3, 0.4) is 0 Å². The van der Waals surface area contributed by atoms with Crippen molar-refractivity contribution in [3.63, 3.8) is 0 Å². The molecule has 1 aliphatic heterocycles. The highest BCUT2D eigenvalue weighted by atomic mass is 16.6. The van der Waals surface area contributed by atoms with E-state index in [9.17, 15) is 9.59 Å². The Morgan fingerprint density at radius 1 is 1.00 bits per heavy atom. The highest BCUT2D eigenvalue weighted by Crippen LogP contribution is 2.32. The summed E-state index contributed by atoms with van der Waals surface area (Å²) in [5, 5.41) is 2.79. The third-order valence-electron chi connectivity index (χ3n) is 4.30. The Labute approximate surface area is 159 Å². The van der Waals surface area contributed by atoms with Crippen LogP contribution in [-0.2, 0) is 10.2 Å². The van der Waals surface area contributed by atoms with Gasteiger partial charge in [0.05, 0.1) is 0 Å². The number of carbonyl (C=O) groups excluding carboxylic acids is 2. The molecule has 3 rings (SSSR count). The molecule has 0 unspecified atom stereocenters. The second-order valence-corrected chi connectivity index (χ2v) is 7.39. The van der Waals surface area contributed by atoms with Crippen molar-refractivity contribution >= 4 is 24.0 Å². The van der Waals surface area contributed by atoms with Gasteiger partial charge in [0.15, 0.2) is 17.8 Å². The number of hydrogen-bond donors (Lipinski definition) is 1. The molecular formula is C22H23NO4. The van der Waals surface area contributed by atoms with E-state index in [0.717, 1.165) is 11.8 Å². The molecule has 27 heavy (non-hydrogen) atoms. The lowest BCUT2D eigenvalue weighted by molar-refractivity contribution is -0.111. The highest BCUT2D eigenvalue weighted by molar-refractivity contribution is 6.02. The predicted octanol–water partition coefficient (Wildman–Crippen LogP) is 4.22. The summed E-state index contributed by atoms with van der Waals surface area (Å²) in [6, 6.07) is 11.0. The van der Waals surface area contributed by atoms with E-state index in [1.807, 2.05) is 18.2 Å². The molecular weight excluding hydrogens is 342 g/mol. The van der Waals surface area contributed by atoms with Crippen LogP contribution in [0, 0.1) is 0 Å². The fourth-order valence-corrected chi connectivity index (χ4v) is 2.77. The average molecular weight is 365 g/mol. The first-order valence-corrected chi connectivity index (χ1v) is 8.85. The summed E-state index contributed by atoms with van der Waals surface area (Å²) in [5.41, 5.74) is 2.91. The van der Waals surface area contributed by atoms with Gasteiger partial charge in [-0.2, -0.15) is 0 Å². The number of amides is 1. The lowest BCUT2D eigenvalue weighted by atomic mass is 9.85. The second kappa shape index (κ2) is 7.66. The van der Waals surface area contributed by atoms with Gasteiger partial charge >= 0.3 is 0 Å². The van der Waals surface area contributed by atoms with Crippen LogP contribution in [0.15, 0.2) is 42.5 Å². The minimum Gasteiger partial charge on any atom is -0.486 e. The van der Waals surface area contributed by atoms with E-state index < -0.39 is 0 Å². The minimum atomic E-state index is -0.288. The summed E-state index contributed by atoms with van der Waals surface area (Å²) >= 11 is 0. The maximum Gasteiger partial charge on any atom is 0.248 e. The number of nitrogens with one attached hydrogen (secondary N) is 1. The number of anilines is 1. The maximum absolute atomic E-state index is 12.2. The summed E-state index contributed by atoms with van der Waals surface area (Å²) < 4.78 is 11.0. The molecule has 1 amide bonds. The number of carbonyl (C=O) groups is 2. The van der Waals surface area contributed by atoms with Crippen LogP contribution in [0.1, 0.15) is 42.3 Å². The molecule has 0 spiro atoms. The first-order chi connectivity index (χ1) is 12.9. The highest BCUT2D eigenvalue weighted by Gasteiger charge is 2.15. The quantitative estimate of drug-likeness (QED) is 0.651. The average Bonchev–Trinajstić information content (AvgIpc) is 2.65. The van der Waals surface area contributed by atoms with Crippen LogP contribution < -0.4 is 14.8 Å². The van der Waals surface area contributed by atoms with Gasteiger partial charge in [-0.1, -0.05) is 32.9 Å². The summed E-state index contributed by atoms with van der Waals surface area (Å²) in [6.07, 6.45) is 3.87. The topological polar surface area (TPSA) is 64.6 Å². The van der Waals surface area contributed by atoms with Gasteiger partial charge < -0.3 is 14.8 Å². The van der Waals surface area contributed by atoms with Crippen molar-refractivity contribution in [1.29, 1.82) is 0 Å². The lowest BCUT2D eigenvalue weighted by Crippen LogP contribution is -2.16. The zero-order valence-electron chi connectivity index (χ0n) is 15.7. The number of ether oxygens (including phenoxy) is 2. The SMILES string of the molecule is CC(C)(C)c1ccc(/C=C/C(=O)Nc2ccc3c(c2)OCCO3)c(C=O)c1. The zero-order chi connectivity index (χ0) is 19.4. The van der Waals surface area contributed by atoms with Gasteiger partial charge in [-0.15, -0.1) is 0 Å². The van der Waals surface area contributed by atoms with E-state index in [1.54, 1.807) is 24.3 Å². The Balaban J connectivity index is 1.72. The van der Waals surface area contributed by atoms with Gasteiger partial charge in [-0.3, -0.25) is 9.59 Å². The van der Waals surface area contributed by atoms with Crippen LogP contribution in [0.25, 0.3) is 6.08 Å². The van der Waals surface area contributed by atoms with Gasteiger partial charge in [0.1, 0.15) is 13.2 Å². The van der Waals surface area contributed by atoms with Crippen molar-refractivity contribution in [2.75, 3.05) is 18.5 Å². The minimum absolute atomic E-state index is 0.0460. The first-order valence-electron chi connectivity index (χ1n) is 8.85. The summed E-state index contributed by atoms with van der Waals surface area (Å²) in [4.78, 5) is 23.6. The molecule has 0 atom stereocenters. The molecule has 0 aliphatic carbocycles. The van der Waals surface area contributed by atoms with Gasteiger partial charge in [0.2, 0.25) is 5.91 Å². The van der Waals surface area contributed by atoms with Gasteiger partial charge in [0.25, 0.3) is 0 Å². The number of benzene rings is 2. The van der Waals surface area contributed by atoms with Crippen LogP contribution >= 0.6 is 0 Å². The Kier molecular flexibility index (Phi) is 5.31. The fourth-order valence-electron chi connectivity index (χ4n) is 2.77. The van der Waals surface area contributed by atoms with Crippen LogP contribution in [-0.4, -0.2) is 25.4 Å². The third kappa shape index (κ3) is 4.56. The molecule has 0 fully saturated rings. The van der Waals surface area contributed by atoms with E-state index in [-0.39, 0.29) is 11.3 Å². The van der Waals surface area contributed by atoms with Crippen molar-refractivity contribution in [2.24, 2.45) is 0 Å². The zero-order valence-corrected chi connectivity index (χ0v) is 15.7.